The number of pyridine rings is 1. The first-order chi connectivity index (χ1) is 15.9. The number of carbonyl (C=O) groups excluding carboxylic acids is 2. The molecule has 0 radical (unpaired) electrons. The first-order valence-electron chi connectivity index (χ1n) is 9.98. The highest BCUT2D eigenvalue weighted by Crippen LogP contribution is 2.31. The average Bonchev–Trinajstić information content (AvgIpc) is 2.82. The second kappa shape index (κ2) is 9.27. The molecule has 164 valence electrons. The number of aromatic nitrogens is 1. The van der Waals surface area contributed by atoms with Crippen LogP contribution in [0.4, 0.5) is 10.1 Å². The molecule has 1 aromatic heterocycles. The van der Waals surface area contributed by atoms with Crippen LogP contribution in [0.15, 0.2) is 60.3 Å². The van der Waals surface area contributed by atoms with E-state index in [1.807, 2.05) is 12.1 Å². The summed E-state index contributed by atoms with van der Waals surface area (Å²) in [7, 11) is 3.14. The molecule has 0 spiro atoms. The minimum Gasteiger partial charge on any atom is -0.481 e. The molecule has 0 N–H and O–H groups in total. The molecule has 33 heavy (non-hydrogen) atoms. The van der Waals surface area contributed by atoms with E-state index in [4.69, 9.17) is 16.3 Å². The molecule has 0 bridgehead atoms. The maximum absolute atomic E-state index is 13.8. The van der Waals surface area contributed by atoms with Gasteiger partial charge in [0.15, 0.2) is 0 Å². The second-order valence-electron chi connectivity index (χ2n) is 7.34. The summed E-state index contributed by atoms with van der Waals surface area (Å²) in [6.07, 6.45) is 3.51. The number of fused-ring (bicyclic) bond motifs is 1. The van der Waals surface area contributed by atoms with Crippen LogP contribution in [-0.4, -0.2) is 30.8 Å². The fraction of sp³-hybridized carbons (Fsp3) is 0.115. The predicted octanol–water partition coefficient (Wildman–Crippen LogP) is 4.72. The molecule has 2 aromatic carbocycles. The van der Waals surface area contributed by atoms with E-state index in [9.17, 15) is 14.0 Å². The number of Topliss-reactive ketones (excluding diaryl/α,β-unsaturated/α-hetero) is 1. The molecular weight excluding hydrogens is 443 g/mol. The van der Waals surface area contributed by atoms with E-state index in [0.29, 0.717) is 34.7 Å². The zero-order valence-electron chi connectivity index (χ0n) is 17.9. The lowest BCUT2D eigenvalue weighted by Gasteiger charge is -2.26. The van der Waals surface area contributed by atoms with Crippen molar-refractivity contribution in [3.8, 4) is 17.7 Å². The number of anilines is 1. The Labute approximate surface area is 195 Å². The van der Waals surface area contributed by atoms with E-state index >= 15 is 0 Å². The number of methoxy groups -OCH3 is 1. The van der Waals surface area contributed by atoms with Gasteiger partial charge in [-0.05, 0) is 53.6 Å². The highest BCUT2D eigenvalue weighted by Gasteiger charge is 2.32. The second-order valence-corrected chi connectivity index (χ2v) is 7.75. The van der Waals surface area contributed by atoms with Crippen molar-refractivity contribution >= 4 is 35.1 Å². The normalized spacial score (nSPS) is 14.1. The van der Waals surface area contributed by atoms with Crippen LogP contribution in [0.2, 0.25) is 5.02 Å². The van der Waals surface area contributed by atoms with Crippen molar-refractivity contribution in [2.45, 2.75) is 6.42 Å². The number of ether oxygens (including phenoxy) is 1. The molecule has 5 nitrogen and oxygen atoms in total. The number of benzene rings is 2. The lowest BCUT2D eigenvalue weighted by molar-refractivity contribution is -0.114. The summed E-state index contributed by atoms with van der Waals surface area (Å²) in [5.74, 6) is 5.12. The highest BCUT2D eigenvalue weighted by atomic mass is 35.5. The third kappa shape index (κ3) is 4.64. The summed E-state index contributed by atoms with van der Waals surface area (Å²) in [4.78, 5) is 31.4. The van der Waals surface area contributed by atoms with Crippen molar-refractivity contribution in [1.29, 1.82) is 0 Å². The first kappa shape index (κ1) is 22.3. The molecular formula is C26H18ClFN2O3. The van der Waals surface area contributed by atoms with Crippen molar-refractivity contribution in [1.82, 2.24) is 4.98 Å². The maximum Gasteiger partial charge on any atom is 0.262 e. The van der Waals surface area contributed by atoms with Gasteiger partial charge in [0.2, 0.25) is 11.7 Å². The van der Waals surface area contributed by atoms with Gasteiger partial charge in [-0.1, -0.05) is 29.5 Å². The standard InChI is InChI=1S/C26H18ClFN2O3/c1-30-23-9-7-16(4-3-5-17-10-11-29-24(15-17)33-2)12-19(23)25(31)20(26(30)32)13-18-6-8-21(27)22(28)14-18/h6-15H,5H2,1-2H3. The van der Waals surface area contributed by atoms with Gasteiger partial charge in [-0.15, -0.1) is 0 Å². The zero-order valence-corrected chi connectivity index (χ0v) is 18.6. The quantitative estimate of drug-likeness (QED) is 0.322. The number of ketones is 1. The Bertz CT molecular complexity index is 1370. The Balaban J connectivity index is 1.64. The number of carbonyl (C=O) groups is 2. The van der Waals surface area contributed by atoms with Crippen LogP contribution in [-0.2, 0) is 11.2 Å². The molecule has 0 atom stereocenters. The topological polar surface area (TPSA) is 59.5 Å². The van der Waals surface area contributed by atoms with E-state index in [1.165, 1.54) is 23.1 Å². The summed E-state index contributed by atoms with van der Waals surface area (Å²) < 4.78 is 18.9. The third-order valence-corrected chi connectivity index (χ3v) is 5.48. The largest absolute Gasteiger partial charge is 0.481 e. The molecule has 2 heterocycles. The SMILES string of the molecule is COc1cc(CC#Cc2ccc3c(c2)C(=O)C(=Cc2ccc(Cl)c(F)c2)C(=O)N3C)ccn1. The van der Waals surface area contributed by atoms with Crippen molar-refractivity contribution in [3.05, 3.63) is 93.4 Å². The summed E-state index contributed by atoms with van der Waals surface area (Å²) >= 11 is 5.72. The van der Waals surface area contributed by atoms with E-state index in [1.54, 1.807) is 44.6 Å². The summed E-state index contributed by atoms with van der Waals surface area (Å²) in [5, 5.41) is -0.0330. The van der Waals surface area contributed by atoms with Gasteiger partial charge in [-0.25, -0.2) is 9.37 Å². The molecule has 0 saturated carbocycles. The maximum atomic E-state index is 13.8. The van der Waals surface area contributed by atoms with Gasteiger partial charge >= 0.3 is 0 Å². The van der Waals surface area contributed by atoms with Crippen molar-refractivity contribution in [2.75, 3.05) is 19.1 Å². The van der Waals surface area contributed by atoms with E-state index in [2.05, 4.69) is 16.8 Å². The summed E-state index contributed by atoms with van der Waals surface area (Å²) in [6.45, 7) is 0. The van der Waals surface area contributed by atoms with Gasteiger partial charge in [0, 0.05) is 36.9 Å². The molecule has 4 rings (SSSR count). The Morgan fingerprint density at radius 3 is 2.73 bits per heavy atom. The van der Waals surface area contributed by atoms with Crippen LogP contribution < -0.4 is 9.64 Å². The van der Waals surface area contributed by atoms with Crippen LogP contribution in [0.1, 0.15) is 27.0 Å². The van der Waals surface area contributed by atoms with Gasteiger partial charge < -0.3 is 9.64 Å². The summed E-state index contributed by atoms with van der Waals surface area (Å²) in [5.41, 5.74) is 2.76. The number of likely N-dealkylation sites (N-methyl/N-ethyl adjacent to an activating group) is 1. The summed E-state index contributed by atoms with van der Waals surface area (Å²) in [6, 6.07) is 12.9. The molecule has 1 amide bonds. The molecule has 0 unspecified atom stereocenters. The molecule has 0 saturated heterocycles. The number of hydrogen-bond donors (Lipinski definition) is 0. The van der Waals surface area contributed by atoms with Gasteiger partial charge in [0.05, 0.1) is 23.4 Å². The van der Waals surface area contributed by atoms with Gasteiger partial charge in [0.1, 0.15) is 5.82 Å². The van der Waals surface area contributed by atoms with Crippen molar-refractivity contribution in [3.63, 3.8) is 0 Å². The van der Waals surface area contributed by atoms with Gasteiger partial charge in [0.25, 0.3) is 5.91 Å². The predicted molar refractivity (Wildman–Crippen MR) is 125 cm³/mol. The number of amides is 1. The fourth-order valence-electron chi connectivity index (χ4n) is 3.44. The smallest absolute Gasteiger partial charge is 0.262 e. The number of rotatable bonds is 3. The lowest BCUT2D eigenvalue weighted by atomic mass is 9.92. The average molecular weight is 461 g/mol. The number of halogens is 2. The Hall–Kier alpha value is -3.95. The van der Waals surface area contributed by atoms with Crippen LogP contribution in [0.3, 0.4) is 0 Å². The van der Waals surface area contributed by atoms with Crippen LogP contribution in [0.25, 0.3) is 6.08 Å². The van der Waals surface area contributed by atoms with Crippen LogP contribution in [0.5, 0.6) is 5.88 Å². The van der Waals surface area contributed by atoms with Gasteiger partial charge in [-0.3, -0.25) is 9.59 Å². The minimum atomic E-state index is -0.625. The molecule has 1 aliphatic rings. The monoisotopic (exact) mass is 460 g/mol. The molecule has 0 aliphatic carbocycles. The Morgan fingerprint density at radius 1 is 1.15 bits per heavy atom. The van der Waals surface area contributed by atoms with Crippen LogP contribution in [0, 0.1) is 17.7 Å². The molecule has 3 aromatic rings. The Kier molecular flexibility index (Phi) is 6.25. The highest BCUT2D eigenvalue weighted by molar-refractivity contribution is 6.36. The number of hydrogen-bond acceptors (Lipinski definition) is 4. The zero-order chi connectivity index (χ0) is 23.5. The van der Waals surface area contributed by atoms with Crippen LogP contribution >= 0.6 is 11.6 Å². The Morgan fingerprint density at radius 2 is 1.97 bits per heavy atom. The van der Waals surface area contributed by atoms with Crippen molar-refractivity contribution in [2.24, 2.45) is 0 Å². The first-order valence-corrected chi connectivity index (χ1v) is 10.4. The minimum absolute atomic E-state index is 0.0330. The third-order valence-electron chi connectivity index (χ3n) is 5.17. The lowest BCUT2D eigenvalue weighted by Crippen LogP contribution is -2.36. The van der Waals surface area contributed by atoms with Gasteiger partial charge in [-0.2, -0.15) is 0 Å². The van der Waals surface area contributed by atoms with E-state index < -0.39 is 17.5 Å². The van der Waals surface area contributed by atoms with E-state index in [0.717, 1.165) is 5.56 Å². The fourth-order valence-corrected chi connectivity index (χ4v) is 3.55. The molecule has 7 heteroatoms. The molecule has 1 aliphatic heterocycles. The van der Waals surface area contributed by atoms with Crippen molar-refractivity contribution < 1.29 is 18.7 Å². The molecule has 0 fully saturated rings. The number of nitrogens with zero attached hydrogens (tertiary/aromatic N) is 2. The van der Waals surface area contributed by atoms with E-state index in [-0.39, 0.29) is 10.6 Å².